The maximum absolute atomic E-state index is 11.8. The van der Waals surface area contributed by atoms with Crippen LogP contribution >= 0.6 is 0 Å². The number of amides is 1. The fourth-order valence-corrected chi connectivity index (χ4v) is 2.53. The van der Waals surface area contributed by atoms with Gasteiger partial charge in [0, 0.05) is 18.8 Å². The molecule has 0 bridgehead atoms. The number of epoxide rings is 1. The van der Waals surface area contributed by atoms with Crippen molar-refractivity contribution in [3.63, 3.8) is 0 Å². The standard InChI is InChI=1S/C15H20N2O3/c1-11(16-15(18)14-10-20-14)12-4-2-3-5-13(12)17-6-8-19-9-7-17/h2-5,11,14H,6-10H2,1H3,(H,16,18). The fourth-order valence-electron chi connectivity index (χ4n) is 2.53. The van der Waals surface area contributed by atoms with Crippen LogP contribution in [0.2, 0.25) is 0 Å². The van der Waals surface area contributed by atoms with E-state index in [1.807, 2.05) is 19.1 Å². The molecule has 1 N–H and O–H groups in total. The molecule has 0 aliphatic carbocycles. The SMILES string of the molecule is CC(NC(=O)C1CO1)c1ccccc1N1CCOCC1. The van der Waals surface area contributed by atoms with Crippen molar-refractivity contribution in [2.24, 2.45) is 0 Å². The molecule has 2 fully saturated rings. The van der Waals surface area contributed by atoms with Crippen LogP contribution in [0.1, 0.15) is 18.5 Å². The molecule has 108 valence electrons. The van der Waals surface area contributed by atoms with Crippen molar-refractivity contribution in [2.75, 3.05) is 37.8 Å². The number of nitrogens with zero attached hydrogens (tertiary/aromatic N) is 1. The van der Waals surface area contributed by atoms with Gasteiger partial charge in [0.05, 0.1) is 25.9 Å². The first-order valence-corrected chi connectivity index (χ1v) is 7.09. The van der Waals surface area contributed by atoms with Crippen LogP contribution in [-0.4, -0.2) is 44.9 Å². The molecule has 0 saturated carbocycles. The number of carbonyl (C=O) groups is 1. The van der Waals surface area contributed by atoms with Crippen LogP contribution in [0.15, 0.2) is 24.3 Å². The summed E-state index contributed by atoms with van der Waals surface area (Å²) in [5.41, 5.74) is 2.32. The van der Waals surface area contributed by atoms with Gasteiger partial charge in [0.1, 0.15) is 0 Å². The zero-order valence-corrected chi connectivity index (χ0v) is 11.7. The van der Waals surface area contributed by atoms with Crippen molar-refractivity contribution in [3.05, 3.63) is 29.8 Å². The largest absolute Gasteiger partial charge is 0.378 e. The number of hydrogen-bond acceptors (Lipinski definition) is 4. The Hall–Kier alpha value is -1.59. The van der Waals surface area contributed by atoms with Crippen molar-refractivity contribution >= 4 is 11.6 Å². The summed E-state index contributed by atoms with van der Waals surface area (Å²) < 4.78 is 10.4. The number of ether oxygens (including phenoxy) is 2. The smallest absolute Gasteiger partial charge is 0.252 e. The highest BCUT2D eigenvalue weighted by atomic mass is 16.6. The fraction of sp³-hybridized carbons (Fsp3) is 0.533. The molecule has 2 heterocycles. The Bertz CT molecular complexity index is 482. The lowest BCUT2D eigenvalue weighted by Gasteiger charge is -2.32. The molecule has 2 atom stereocenters. The van der Waals surface area contributed by atoms with Crippen molar-refractivity contribution in [2.45, 2.75) is 19.1 Å². The third kappa shape index (κ3) is 2.94. The molecule has 2 saturated heterocycles. The zero-order valence-electron chi connectivity index (χ0n) is 11.7. The number of rotatable bonds is 4. The van der Waals surface area contributed by atoms with E-state index in [0.717, 1.165) is 31.9 Å². The third-order valence-corrected chi connectivity index (χ3v) is 3.74. The molecular weight excluding hydrogens is 256 g/mol. The first kappa shape index (κ1) is 13.4. The molecule has 5 nitrogen and oxygen atoms in total. The zero-order chi connectivity index (χ0) is 13.9. The molecule has 2 aliphatic heterocycles. The maximum Gasteiger partial charge on any atom is 0.252 e. The van der Waals surface area contributed by atoms with E-state index >= 15 is 0 Å². The number of anilines is 1. The Morgan fingerprint density at radius 3 is 2.75 bits per heavy atom. The number of morpholine rings is 1. The molecule has 3 rings (SSSR count). The van der Waals surface area contributed by atoms with Gasteiger partial charge in [-0.25, -0.2) is 0 Å². The molecule has 2 unspecified atom stereocenters. The van der Waals surface area contributed by atoms with Gasteiger partial charge in [0.25, 0.3) is 5.91 Å². The van der Waals surface area contributed by atoms with Gasteiger partial charge in [-0.05, 0) is 18.6 Å². The van der Waals surface area contributed by atoms with E-state index in [2.05, 4.69) is 22.3 Å². The normalized spacial score (nSPS) is 23.2. The second-order valence-electron chi connectivity index (χ2n) is 5.21. The van der Waals surface area contributed by atoms with Gasteiger partial charge in [0.15, 0.2) is 6.10 Å². The summed E-state index contributed by atoms with van der Waals surface area (Å²) in [6.45, 7) is 5.85. The minimum absolute atomic E-state index is 0.0192. The van der Waals surface area contributed by atoms with Crippen molar-refractivity contribution in [1.82, 2.24) is 5.32 Å². The van der Waals surface area contributed by atoms with Crippen LogP contribution in [0.5, 0.6) is 0 Å². The van der Waals surface area contributed by atoms with Gasteiger partial charge in [-0.1, -0.05) is 18.2 Å². The van der Waals surface area contributed by atoms with E-state index in [0.29, 0.717) is 6.61 Å². The van der Waals surface area contributed by atoms with Crippen molar-refractivity contribution < 1.29 is 14.3 Å². The van der Waals surface area contributed by atoms with Crippen LogP contribution in [-0.2, 0) is 14.3 Å². The number of nitrogens with one attached hydrogen (secondary N) is 1. The summed E-state index contributed by atoms with van der Waals surface area (Å²) in [5, 5.41) is 3.02. The van der Waals surface area contributed by atoms with Gasteiger partial charge in [-0.15, -0.1) is 0 Å². The van der Waals surface area contributed by atoms with Crippen LogP contribution < -0.4 is 10.2 Å². The minimum atomic E-state index is -0.243. The summed E-state index contributed by atoms with van der Waals surface area (Å²) in [7, 11) is 0. The number of carbonyl (C=O) groups excluding carboxylic acids is 1. The van der Waals surface area contributed by atoms with E-state index in [-0.39, 0.29) is 18.1 Å². The minimum Gasteiger partial charge on any atom is -0.378 e. The van der Waals surface area contributed by atoms with Crippen LogP contribution in [0.25, 0.3) is 0 Å². The molecule has 5 heteroatoms. The van der Waals surface area contributed by atoms with Gasteiger partial charge in [-0.2, -0.15) is 0 Å². The summed E-state index contributed by atoms with van der Waals surface area (Å²) >= 11 is 0. The van der Waals surface area contributed by atoms with Crippen LogP contribution in [0.4, 0.5) is 5.69 Å². The molecular formula is C15H20N2O3. The first-order chi connectivity index (χ1) is 9.75. The summed E-state index contributed by atoms with van der Waals surface area (Å²) in [6.07, 6.45) is -0.243. The van der Waals surface area contributed by atoms with Crippen molar-refractivity contribution in [3.8, 4) is 0 Å². The highest BCUT2D eigenvalue weighted by molar-refractivity contribution is 5.83. The second kappa shape index (κ2) is 5.81. The van der Waals surface area contributed by atoms with Gasteiger partial charge in [-0.3, -0.25) is 4.79 Å². The molecule has 0 radical (unpaired) electrons. The Morgan fingerprint density at radius 2 is 2.05 bits per heavy atom. The average Bonchev–Trinajstić information content (AvgIpc) is 3.33. The Balaban J connectivity index is 1.75. The Kier molecular flexibility index (Phi) is 3.89. The molecule has 0 aromatic heterocycles. The van der Waals surface area contributed by atoms with Gasteiger partial charge < -0.3 is 19.7 Å². The van der Waals surface area contributed by atoms with Gasteiger partial charge >= 0.3 is 0 Å². The highest BCUT2D eigenvalue weighted by Crippen LogP contribution is 2.27. The Labute approximate surface area is 118 Å². The maximum atomic E-state index is 11.8. The highest BCUT2D eigenvalue weighted by Gasteiger charge is 2.32. The average molecular weight is 276 g/mol. The summed E-state index contributed by atoms with van der Waals surface area (Å²) in [6, 6.07) is 8.20. The first-order valence-electron chi connectivity index (χ1n) is 7.09. The molecule has 20 heavy (non-hydrogen) atoms. The molecule has 1 amide bonds. The lowest BCUT2D eigenvalue weighted by atomic mass is 10.0. The lowest BCUT2D eigenvalue weighted by molar-refractivity contribution is -0.122. The topological polar surface area (TPSA) is 54.1 Å². The van der Waals surface area contributed by atoms with E-state index < -0.39 is 0 Å². The van der Waals surface area contributed by atoms with E-state index in [1.54, 1.807) is 0 Å². The van der Waals surface area contributed by atoms with Crippen LogP contribution in [0, 0.1) is 0 Å². The third-order valence-electron chi connectivity index (χ3n) is 3.74. The number of benzene rings is 1. The molecule has 1 aromatic rings. The lowest BCUT2D eigenvalue weighted by Crippen LogP contribution is -2.38. The second-order valence-corrected chi connectivity index (χ2v) is 5.21. The predicted molar refractivity (Wildman–Crippen MR) is 75.8 cm³/mol. The van der Waals surface area contributed by atoms with E-state index in [1.165, 1.54) is 5.69 Å². The van der Waals surface area contributed by atoms with E-state index in [4.69, 9.17) is 9.47 Å². The van der Waals surface area contributed by atoms with Gasteiger partial charge in [0.2, 0.25) is 0 Å². The predicted octanol–water partition coefficient (Wildman–Crippen LogP) is 1.10. The van der Waals surface area contributed by atoms with Crippen LogP contribution in [0.3, 0.4) is 0 Å². The summed E-state index contributed by atoms with van der Waals surface area (Å²) in [5.74, 6) is -0.0192. The van der Waals surface area contributed by atoms with E-state index in [9.17, 15) is 4.79 Å². The monoisotopic (exact) mass is 276 g/mol. The quantitative estimate of drug-likeness (QED) is 0.837. The molecule has 0 spiro atoms. The molecule has 2 aliphatic rings. The Morgan fingerprint density at radius 1 is 1.35 bits per heavy atom. The van der Waals surface area contributed by atoms with Crippen molar-refractivity contribution in [1.29, 1.82) is 0 Å². The number of para-hydroxylation sites is 1. The summed E-state index contributed by atoms with van der Waals surface area (Å²) in [4.78, 5) is 14.1. The molecule has 1 aromatic carbocycles. The number of hydrogen-bond donors (Lipinski definition) is 1.